The summed E-state index contributed by atoms with van der Waals surface area (Å²) in [6.07, 6.45) is 1.06. The van der Waals surface area contributed by atoms with Gasteiger partial charge in [0, 0.05) is 13.2 Å². The molecular weight excluding hydrogens is 306 g/mol. The molecule has 5 heteroatoms. The zero-order chi connectivity index (χ0) is 16.8. The van der Waals surface area contributed by atoms with Crippen molar-refractivity contribution in [3.8, 4) is 16.9 Å². The van der Waals surface area contributed by atoms with Gasteiger partial charge in [-0.2, -0.15) is 0 Å². The quantitative estimate of drug-likeness (QED) is 0.654. The molecule has 1 aliphatic heterocycles. The molecule has 0 bridgehead atoms. The maximum Gasteiger partial charge on any atom is 0.253 e. The SMILES string of the molecule is O=C(NO)C1(COc2ccc(-c3ccccc3)cc2)CCOCC1. The number of ether oxygens (including phenoxy) is 2. The fraction of sp³-hybridized carbons (Fsp3) is 0.316. The van der Waals surface area contributed by atoms with Crippen molar-refractivity contribution >= 4 is 5.91 Å². The Balaban J connectivity index is 1.68. The van der Waals surface area contributed by atoms with Gasteiger partial charge in [-0.3, -0.25) is 10.0 Å². The van der Waals surface area contributed by atoms with E-state index in [0.717, 1.165) is 11.1 Å². The Morgan fingerprint density at radius 1 is 1.04 bits per heavy atom. The molecule has 1 saturated heterocycles. The Hall–Kier alpha value is -2.37. The molecule has 5 nitrogen and oxygen atoms in total. The zero-order valence-electron chi connectivity index (χ0n) is 13.4. The smallest absolute Gasteiger partial charge is 0.253 e. The van der Waals surface area contributed by atoms with Gasteiger partial charge in [-0.15, -0.1) is 0 Å². The minimum Gasteiger partial charge on any atom is -0.492 e. The normalized spacial score (nSPS) is 16.4. The number of carbonyl (C=O) groups excluding carboxylic acids is 1. The van der Waals surface area contributed by atoms with E-state index < -0.39 is 11.3 Å². The average Bonchev–Trinajstić information content (AvgIpc) is 2.67. The molecule has 1 heterocycles. The van der Waals surface area contributed by atoms with Crippen LogP contribution in [0.5, 0.6) is 5.75 Å². The lowest BCUT2D eigenvalue weighted by Crippen LogP contribution is -2.47. The van der Waals surface area contributed by atoms with E-state index >= 15 is 0 Å². The van der Waals surface area contributed by atoms with Crippen LogP contribution in [0.2, 0.25) is 0 Å². The van der Waals surface area contributed by atoms with Crippen LogP contribution in [0.4, 0.5) is 0 Å². The third-order valence-electron chi connectivity index (χ3n) is 4.51. The molecule has 0 radical (unpaired) electrons. The van der Waals surface area contributed by atoms with Crippen LogP contribution in [0.3, 0.4) is 0 Å². The van der Waals surface area contributed by atoms with E-state index in [1.165, 1.54) is 0 Å². The Labute approximate surface area is 141 Å². The fourth-order valence-electron chi connectivity index (χ4n) is 2.91. The third kappa shape index (κ3) is 3.58. The predicted molar refractivity (Wildman–Crippen MR) is 89.8 cm³/mol. The molecule has 126 valence electrons. The summed E-state index contributed by atoms with van der Waals surface area (Å²) >= 11 is 0. The maximum atomic E-state index is 12.1. The van der Waals surface area contributed by atoms with E-state index in [4.69, 9.17) is 14.7 Å². The van der Waals surface area contributed by atoms with Crippen LogP contribution in [-0.2, 0) is 9.53 Å². The second kappa shape index (κ2) is 7.47. The van der Waals surface area contributed by atoms with Gasteiger partial charge in [0.1, 0.15) is 12.4 Å². The molecule has 0 spiro atoms. The second-order valence-electron chi connectivity index (χ2n) is 6.01. The lowest BCUT2D eigenvalue weighted by Gasteiger charge is -2.34. The largest absolute Gasteiger partial charge is 0.492 e. The van der Waals surface area contributed by atoms with Gasteiger partial charge in [0.15, 0.2) is 0 Å². The van der Waals surface area contributed by atoms with Crippen molar-refractivity contribution in [2.45, 2.75) is 12.8 Å². The lowest BCUT2D eigenvalue weighted by atomic mass is 9.80. The third-order valence-corrected chi connectivity index (χ3v) is 4.51. The first-order chi connectivity index (χ1) is 11.7. The van der Waals surface area contributed by atoms with Crippen LogP contribution in [0.1, 0.15) is 12.8 Å². The van der Waals surface area contributed by atoms with Gasteiger partial charge in [0.05, 0.1) is 5.41 Å². The molecule has 0 saturated carbocycles. The number of nitrogens with one attached hydrogen (secondary N) is 1. The van der Waals surface area contributed by atoms with Crippen molar-refractivity contribution < 1.29 is 19.5 Å². The van der Waals surface area contributed by atoms with Crippen LogP contribution in [0.15, 0.2) is 54.6 Å². The summed E-state index contributed by atoms with van der Waals surface area (Å²) in [6.45, 7) is 1.20. The Bertz CT molecular complexity index is 664. The van der Waals surface area contributed by atoms with Crippen LogP contribution in [-0.4, -0.2) is 30.9 Å². The molecular formula is C19H21NO4. The van der Waals surface area contributed by atoms with Crippen molar-refractivity contribution in [1.82, 2.24) is 5.48 Å². The van der Waals surface area contributed by atoms with Crippen molar-refractivity contribution in [3.63, 3.8) is 0 Å². The van der Waals surface area contributed by atoms with E-state index in [-0.39, 0.29) is 6.61 Å². The Kier molecular flexibility index (Phi) is 5.13. The number of hydroxylamine groups is 1. The summed E-state index contributed by atoms with van der Waals surface area (Å²) in [7, 11) is 0. The highest BCUT2D eigenvalue weighted by Crippen LogP contribution is 2.32. The Morgan fingerprint density at radius 2 is 1.67 bits per heavy atom. The van der Waals surface area contributed by atoms with Gasteiger partial charge >= 0.3 is 0 Å². The van der Waals surface area contributed by atoms with Crippen LogP contribution >= 0.6 is 0 Å². The monoisotopic (exact) mass is 327 g/mol. The molecule has 0 atom stereocenters. The highest BCUT2D eigenvalue weighted by atomic mass is 16.5. The molecule has 24 heavy (non-hydrogen) atoms. The summed E-state index contributed by atoms with van der Waals surface area (Å²) in [4.78, 5) is 12.1. The number of amides is 1. The van der Waals surface area contributed by atoms with E-state index in [1.807, 2.05) is 42.5 Å². The average molecular weight is 327 g/mol. The first kappa shape index (κ1) is 16.5. The minimum atomic E-state index is -0.745. The van der Waals surface area contributed by atoms with Crippen molar-refractivity contribution in [3.05, 3.63) is 54.6 Å². The second-order valence-corrected chi connectivity index (χ2v) is 6.01. The van der Waals surface area contributed by atoms with E-state index in [9.17, 15) is 4.79 Å². The van der Waals surface area contributed by atoms with Crippen LogP contribution in [0.25, 0.3) is 11.1 Å². The Morgan fingerprint density at radius 3 is 2.29 bits per heavy atom. The summed E-state index contributed by atoms with van der Waals surface area (Å²) in [5, 5.41) is 9.02. The molecule has 1 aliphatic rings. The summed E-state index contributed by atoms with van der Waals surface area (Å²) in [5.74, 6) is 0.290. The first-order valence-electron chi connectivity index (χ1n) is 8.04. The van der Waals surface area contributed by atoms with E-state index in [1.54, 1.807) is 5.48 Å². The number of carbonyl (C=O) groups is 1. The fourth-order valence-corrected chi connectivity index (χ4v) is 2.91. The zero-order valence-corrected chi connectivity index (χ0v) is 13.4. The van der Waals surface area contributed by atoms with Gasteiger partial charge in [-0.1, -0.05) is 42.5 Å². The van der Waals surface area contributed by atoms with Gasteiger partial charge in [0.25, 0.3) is 5.91 Å². The molecule has 2 aromatic rings. The van der Waals surface area contributed by atoms with Gasteiger partial charge in [-0.05, 0) is 36.1 Å². The van der Waals surface area contributed by atoms with Gasteiger partial charge in [0.2, 0.25) is 0 Å². The highest BCUT2D eigenvalue weighted by Gasteiger charge is 2.41. The topological polar surface area (TPSA) is 67.8 Å². The van der Waals surface area contributed by atoms with Crippen molar-refractivity contribution in [2.24, 2.45) is 5.41 Å². The molecule has 0 unspecified atom stereocenters. The molecule has 1 fully saturated rings. The molecule has 2 N–H and O–H groups in total. The van der Waals surface area contributed by atoms with Gasteiger partial charge in [-0.25, -0.2) is 5.48 Å². The molecule has 0 aromatic heterocycles. The predicted octanol–water partition coefficient (Wildman–Crippen LogP) is 3.03. The van der Waals surface area contributed by atoms with E-state index in [2.05, 4.69) is 12.1 Å². The lowest BCUT2D eigenvalue weighted by molar-refractivity contribution is -0.148. The molecule has 1 amide bonds. The molecule has 0 aliphatic carbocycles. The highest BCUT2D eigenvalue weighted by molar-refractivity contribution is 5.81. The van der Waals surface area contributed by atoms with Crippen molar-refractivity contribution in [1.29, 1.82) is 0 Å². The van der Waals surface area contributed by atoms with Crippen molar-refractivity contribution in [2.75, 3.05) is 19.8 Å². The molecule has 2 aromatic carbocycles. The summed E-state index contributed by atoms with van der Waals surface area (Å²) in [6, 6.07) is 17.9. The van der Waals surface area contributed by atoms with Gasteiger partial charge < -0.3 is 9.47 Å². The first-order valence-corrected chi connectivity index (χ1v) is 8.04. The molecule has 3 rings (SSSR count). The summed E-state index contributed by atoms with van der Waals surface area (Å²) in [5.41, 5.74) is 3.27. The number of benzene rings is 2. The van der Waals surface area contributed by atoms with Crippen LogP contribution in [0, 0.1) is 5.41 Å². The number of hydrogen-bond donors (Lipinski definition) is 2. The maximum absolute atomic E-state index is 12.1. The standard InChI is InChI=1S/C19H21NO4/c21-18(20-22)19(10-12-23-13-11-19)14-24-17-8-6-16(7-9-17)15-4-2-1-3-5-15/h1-9,22H,10-14H2,(H,20,21). The minimum absolute atomic E-state index is 0.216. The number of rotatable bonds is 5. The summed E-state index contributed by atoms with van der Waals surface area (Å²) < 4.78 is 11.2. The van der Waals surface area contributed by atoms with E-state index in [0.29, 0.717) is 31.8 Å². The number of hydrogen-bond acceptors (Lipinski definition) is 4. The van der Waals surface area contributed by atoms with Crippen LogP contribution < -0.4 is 10.2 Å².